The van der Waals surface area contributed by atoms with E-state index in [0.29, 0.717) is 29.1 Å². The predicted octanol–water partition coefficient (Wildman–Crippen LogP) is 1.35. The van der Waals surface area contributed by atoms with E-state index >= 15 is 0 Å². The van der Waals surface area contributed by atoms with Crippen LogP contribution in [0, 0.1) is 6.92 Å². The minimum absolute atomic E-state index is 0.110. The van der Waals surface area contributed by atoms with Crippen LogP contribution in [0.4, 0.5) is 0 Å². The molecule has 1 aliphatic heterocycles. The Morgan fingerprint density at radius 2 is 2.22 bits per heavy atom. The average molecular weight is 363 g/mol. The van der Waals surface area contributed by atoms with E-state index in [9.17, 15) is 9.59 Å². The van der Waals surface area contributed by atoms with Crippen LogP contribution in [0.5, 0.6) is 0 Å². The molecule has 1 amide bonds. The van der Waals surface area contributed by atoms with Crippen LogP contribution >= 0.6 is 0 Å². The molecule has 5 rings (SSSR count). The Kier molecular flexibility index (Phi) is 3.36. The van der Waals surface area contributed by atoms with Gasteiger partial charge in [-0.2, -0.15) is 5.10 Å². The smallest absolute Gasteiger partial charge is 0.272 e. The second kappa shape index (κ2) is 5.76. The maximum Gasteiger partial charge on any atom is 0.272 e. The van der Waals surface area contributed by atoms with E-state index in [4.69, 9.17) is 0 Å². The first-order chi connectivity index (χ1) is 13.1. The van der Waals surface area contributed by atoms with Gasteiger partial charge in [0.05, 0.1) is 17.9 Å². The number of likely N-dealkylation sites (tertiary alicyclic amines) is 1. The number of amides is 1. The predicted molar refractivity (Wildman–Crippen MR) is 96.5 cm³/mol. The Morgan fingerprint density at radius 3 is 3.11 bits per heavy atom. The van der Waals surface area contributed by atoms with Gasteiger partial charge in [0.2, 0.25) is 0 Å². The number of rotatable bonds is 2. The molecule has 136 valence electrons. The van der Waals surface area contributed by atoms with Crippen molar-refractivity contribution in [3.8, 4) is 0 Å². The highest BCUT2D eigenvalue weighted by Crippen LogP contribution is 2.33. The first kappa shape index (κ1) is 15.7. The van der Waals surface area contributed by atoms with Gasteiger partial charge in [-0.3, -0.25) is 14.7 Å². The van der Waals surface area contributed by atoms with Gasteiger partial charge >= 0.3 is 0 Å². The molecule has 0 bridgehead atoms. The molecule has 0 saturated carbocycles. The lowest BCUT2D eigenvalue weighted by Gasteiger charge is -2.23. The summed E-state index contributed by atoms with van der Waals surface area (Å²) in [5, 5.41) is 7.32. The summed E-state index contributed by atoms with van der Waals surface area (Å²) in [6, 6.07) is 4.95. The van der Waals surface area contributed by atoms with Gasteiger partial charge in [-0.1, -0.05) is 0 Å². The molecule has 5 heterocycles. The molecular formula is C18H17N7O2. The fourth-order valence-electron chi connectivity index (χ4n) is 3.77. The number of aromatic amines is 1. The summed E-state index contributed by atoms with van der Waals surface area (Å²) in [5.41, 5.74) is 2.89. The van der Waals surface area contributed by atoms with E-state index in [-0.39, 0.29) is 17.5 Å². The standard InChI is InChI=1S/C18H17N7O2/c1-11-8-16(26)25-15(21-11)9-13(22-25)14-4-2-6-23(14)18(27)12-10-20-24-7-3-5-19-17(12)24/h3,5,7-10,14,22H,2,4,6H2,1H3/t14-/m1/s1. The van der Waals surface area contributed by atoms with Crippen LogP contribution in [0.15, 0.2) is 41.6 Å². The topological polar surface area (TPSA) is 101 Å². The molecule has 4 aromatic heterocycles. The van der Waals surface area contributed by atoms with Crippen molar-refractivity contribution in [2.24, 2.45) is 0 Å². The highest BCUT2D eigenvalue weighted by atomic mass is 16.2. The lowest BCUT2D eigenvalue weighted by atomic mass is 10.1. The molecule has 4 aromatic rings. The fourth-order valence-corrected chi connectivity index (χ4v) is 3.77. The monoisotopic (exact) mass is 363 g/mol. The van der Waals surface area contributed by atoms with Crippen LogP contribution in [-0.2, 0) is 0 Å². The molecule has 1 aliphatic rings. The second-order valence-corrected chi connectivity index (χ2v) is 6.74. The molecule has 1 saturated heterocycles. The highest BCUT2D eigenvalue weighted by Gasteiger charge is 2.33. The van der Waals surface area contributed by atoms with Crippen molar-refractivity contribution in [2.45, 2.75) is 25.8 Å². The van der Waals surface area contributed by atoms with Gasteiger partial charge in [-0.25, -0.2) is 19.0 Å². The molecule has 9 heteroatoms. The number of aryl methyl sites for hydroxylation is 1. The van der Waals surface area contributed by atoms with Crippen LogP contribution in [0.25, 0.3) is 11.3 Å². The zero-order valence-electron chi connectivity index (χ0n) is 14.7. The Balaban J connectivity index is 1.54. The Bertz CT molecular complexity index is 1240. The quantitative estimate of drug-likeness (QED) is 0.579. The van der Waals surface area contributed by atoms with Crippen molar-refractivity contribution in [3.63, 3.8) is 0 Å². The van der Waals surface area contributed by atoms with Gasteiger partial charge in [-0.15, -0.1) is 0 Å². The Morgan fingerprint density at radius 1 is 1.33 bits per heavy atom. The van der Waals surface area contributed by atoms with Crippen LogP contribution in [0.1, 0.15) is 40.6 Å². The number of fused-ring (bicyclic) bond motifs is 2. The van der Waals surface area contributed by atoms with Gasteiger partial charge in [0.15, 0.2) is 11.3 Å². The zero-order chi connectivity index (χ0) is 18.5. The molecule has 0 spiro atoms. The van der Waals surface area contributed by atoms with Crippen LogP contribution in [0.3, 0.4) is 0 Å². The van der Waals surface area contributed by atoms with Crippen molar-refractivity contribution < 1.29 is 4.79 Å². The minimum atomic E-state index is -0.161. The van der Waals surface area contributed by atoms with Gasteiger partial charge in [0.1, 0.15) is 5.56 Å². The lowest BCUT2D eigenvalue weighted by molar-refractivity contribution is 0.0734. The summed E-state index contributed by atoms with van der Waals surface area (Å²) in [6.07, 6.45) is 6.67. The maximum absolute atomic E-state index is 13.2. The normalized spacial score (nSPS) is 17.2. The number of aromatic nitrogens is 6. The number of hydrogen-bond acceptors (Lipinski definition) is 5. The maximum atomic E-state index is 13.2. The summed E-state index contributed by atoms with van der Waals surface area (Å²) in [5.74, 6) is -0.110. The van der Waals surface area contributed by atoms with Crippen LogP contribution in [-0.4, -0.2) is 46.5 Å². The molecule has 0 aromatic carbocycles. The van der Waals surface area contributed by atoms with Gasteiger partial charge in [0.25, 0.3) is 11.5 Å². The summed E-state index contributed by atoms with van der Waals surface area (Å²) in [7, 11) is 0. The van der Waals surface area contributed by atoms with Gasteiger partial charge in [0, 0.05) is 36.8 Å². The summed E-state index contributed by atoms with van der Waals surface area (Å²) in [4.78, 5) is 35.8. The van der Waals surface area contributed by atoms with Gasteiger partial charge < -0.3 is 4.90 Å². The molecule has 0 unspecified atom stereocenters. The fraction of sp³-hybridized carbons (Fsp3) is 0.278. The zero-order valence-corrected chi connectivity index (χ0v) is 14.7. The number of carbonyl (C=O) groups is 1. The average Bonchev–Trinajstić information content (AvgIpc) is 3.38. The van der Waals surface area contributed by atoms with Crippen molar-refractivity contribution in [1.29, 1.82) is 0 Å². The first-order valence-electron chi connectivity index (χ1n) is 8.80. The van der Waals surface area contributed by atoms with Crippen LogP contribution in [0.2, 0.25) is 0 Å². The third-order valence-corrected chi connectivity index (χ3v) is 4.98. The SMILES string of the molecule is Cc1cc(=O)n2[nH]c([C@H]3CCCN3C(=O)c3cnn4cccnc34)cc2n1. The minimum Gasteiger partial charge on any atom is -0.330 e. The van der Waals surface area contributed by atoms with Crippen LogP contribution < -0.4 is 5.56 Å². The van der Waals surface area contributed by atoms with E-state index in [1.54, 1.807) is 36.1 Å². The molecular weight excluding hydrogens is 346 g/mol. The molecule has 27 heavy (non-hydrogen) atoms. The third-order valence-electron chi connectivity index (χ3n) is 4.98. The molecule has 9 nitrogen and oxygen atoms in total. The Labute approximate surface area is 153 Å². The number of hydrogen-bond donors (Lipinski definition) is 1. The molecule has 0 aliphatic carbocycles. The highest BCUT2D eigenvalue weighted by molar-refractivity contribution is 6.00. The van der Waals surface area contributed by atoms with E-state index in [1.807, 2.05) is 11.0 Å². The molecule has 1 fully saturated rings. The lowest BCUT2D eigenvalue weighted by Crippen LogP contribution is -2.31. The van der Waals surface area contributed by atoms with Crippen molar-refractivity contribution >= 4 is 17.2 Å². The largest absolute Gasteiger partial charge is 0.330 e. The Hall–Kier alpha value is -3.49. The molecule has 1 atom stereocenters. The van der Waals surface area contributed by atoms with Crippen molar-refractivity contribution in [1.82, 2.24) is 34.1 Å². The van der Waals surface area contributed by atoms with E-state index in [1.165, 1.54) is 10.6 Å². The van der Waals surface area contributed by atoms with Crippen molar-refractivity contribution in [3.05, 3.63) is 64.1 Å². The first-order valence-corrected chi connectivity index (χ1v) is 8.80. The summed E-state index contributed by atoms with van der Waals surface area (Å²) < 4.78 is 3.01. The number of nitrogens with zero attached hydrogens (tertiary/aromatic N) is 6. The van der Waals surface area contributed by atoms with Gasteiger partial charge in [-0.05, 0) is 25.8 Å². The number of carbonyl (C=O) groups excluding carboxylic acids is 1. The molecule has 1 N–H and O–H groups in total. The van der Waals surface area contributed by atoms with E-state index < -0.39 is 0 Å². The third kappa shape index (κ3) is 2.42. The molecule has 0 radical (unpaired) electrons. The summed E-state index contributed by atoms with van der Waals surface area (Å²) in [6.45, 7) is 2.43. The summed E-state index contributed by atoms with van der Waals surface area (Å²) >= 11 is 0. The second-order valence-electron chi connectivity index (χ2n) is 6.74. The van der Waals surface area contributed by atoms with E-state index in [2.05, 4.69) is 20.2 Å². The van der Waals surface area contributed by atoms with Crippen molar-refractivity contribution in [2.75, 3.05) is 6.54 Å². The number of H-pyrrole nitrogens is 1. The number of nitrogens with one attached hydrogen (secondary N) is 1. The van der Waals surface area contributed by atoms with E-state index in [0.717, 1.165) is 18.5 Å².